The third-order valence-corrected chi connectivity index (χ3v) is 9.04. The average Bonchev–Trinajstić information content (AvgIpc) is 2.66. The number of hydrogen-bond acceptors (Lipinski definition) is 12. The summed E-state index contributed by atoms with van der Waals surface area (Å²) in [6.07, 6.45) is 0.259. The van der Waals surface area contributed by atoms with Gasteiger partial charge in [-0.05, 0) is 0 Å². The smallest absolute Gasteiger partial charge is 0.304 e. The van der Waals surface area contributed by atoms with Gasteiger partial charge < -0.3 is 31.9 Å². The molecule has 0 aliphatic heterocycles. The number of aliphatic hydroxyl groups is 2. The number of hydrogen-bond donors (Lipinski definition) is 6. The zero-order valence-electron chi connectivity index (χ0n) is 15.7. The zero-order chi connectivity index (χ0) is 21.9. The van der Waals surface area contributed by atoms with Crippen molar-refractivity contribution < 1.29 is 30.0 Å². The van der Waals surface area contributed by atoms with Gasteiger partial charge in [-0.15, -0.1) is 0 Å². The Kier molecular flexibility index (Phi) is 39.0. The second-order valence-electron chi connectivity index (χ2n) is 4.24. The quantitative estimate of drug-likeness (QED) is 0.122. The van der Waals surface area contributed by atoms with Gasteiger partial charge in [-0.2, -0.15) is 0 Å². The van der Waals surface area contributed by atoms with Crippen LogP contribution in [-0.4, -0.2) is 93.2 Å². The summed E-state index contributed by atoms with van der Waals surface area (Å²) in [5.41, 5.74) is 10.5. The molecule has 0 aliphatic rings. The van der Waals surface area contributed by atoms with E-state index >= 15 is 0 Å². The molecule has 0 fully saturated rings. The highest BCUT2D eigenvalue weighted by Gasteiger charge is 1.99. The fourth-order valence-corrected chi connectivity index (χ4v) is 5.99. The fourth-order valence-electron chi connectivity index (χ4n) is 0.782. The minimum atomic E-state index is -0.818. The summed E-state index contributed by atoms with van der Waals surface area (Å²) in [6, 6.07) is 0. The minimum absolute atomic E-state index is 0.130. The summed E-state index contributed by atoms with van der Waals surface area (Å²) in [5.74, 6) is 2.99. The van der Waals surface area contributed by atoms with Gasteiger partial charge in [0.1, 0.15) is 0 Å². The van der Waals surface area contributed by atoms with Crippen LogP contribution in [0.15, 0.2) is 0 Å². The molecule has 0 aromatic heterocycles. The van der Waals surface area contributed by atoms with Gasteiger partial charge >= 0.3 is 11.9 Å². The zero-order valence-corrected chi connectivity index (χ0v) is 20.6. The third-order valence-electron chi connectivity index (χ3n) is 1.80. The van der Waals surface area contributed by atoms with Gasteiger partial charge in [-0.3, -0.25) is 9.59 Å². The van der Waals surface area contributed by atoms with Crippen molar-refractivity contribution >= 4 is 76.7 Å². The third kappa shape index (κ3) is 45.6. The van der Waals surface area contributed by atoms with Gasteiger partial charge in [0.15, 0.2) is 0 Å². The van der Waals surface area contributed by atoms with Crippen molar-refractivity contribution in [2.24, 2.45) is 11.5 Å². The summed E-state index contributed by atoms with van der Waals surface area (Å²) in [7, 11) is 9.54. The van der Waals surface area contributed by atoms with Crippen molar-refractivity contribution in [3.63, 3.8) is 0 Å². The van der Waals surface area contributed by atoms with Gasteiger partial charge in [0, 0.05) is 47.6 Å². The molecular formula is C14H32N2O6S6. The fraction of sp³-hybridized carbons (Fsp3) is 0.857. The Labute approximate surface area is 191 Å². The number of aliphatic carboxylic acids is 2. The number of nitrogens with two attached hydrogens (primary N) is 2. The first kappa shape index (κ1) is 33.5. The molecule has 170 valence electrons. The highest BCUT2D eigenvalue weighted by molar-refractivity contribution is 8.77. The molecular weight excluding hydrogens is 485 g/mol. The highest BCUT2D eigenvalue weighted by atomic mass is 33.1. The van der Waals surface area contributed by atoms with Gasteiger partial charge in [-0.25, -0.2) is 0 Å². The van der Waals surface area contributed by atoms with E-state index in [4.69, 9.17) is 31.9 Å². The van der Waals surface area contributed by atoms with E-state index in [1.54, 1.807) is 43.2 Å². The van der Waals surface area contributed by atoms with Crippen molar-refractivity contribution in [2.75, 3.05) is 60.8 Å². The molecule has 0 saturated carbocycles. The Morgan fingerprint density at radius 2 is 0.857 bits per heavy atom. The SMILES string of the molecule is NCCSSCCN.O=C(O)CCSSCCC(=O)O.OCCSSCCO. The molecule has 28 heavy (non-hydrogen) atoms. The lowest BCUT2D eigenvalue weighted by molar-refractivity contribution is -0.137. The van der Waals surface area contributed by atoms with Crippen LogP contribution in [0.5, 0.6) is 0 Å². The molecule has 0 heterocycles. The molecule has 0 aromatic carbocycles. The van der Waals surface area contributed by atoms with Crippen LogP contribution < -0.4 is 11.5 Å². The van der Waals surface area contributed by atoms with E-state index in [0.29, 0.717) is 11.5 Å². The first-order valence-electron chi connectivity index (χ1n) is 8.24. The van der Waals surface area contributed by atoms with E-state index < -0.39 is 11.9 Å². The molecule has 8 nitrogen and oxygen atoms in total. The summed E-state index contributed by atoms with van der Waals surface area (Å²) in [5, 5.41) is 33.0. The van der Waals surface area contributed by atoms with Crippen molar-refractivity contribution in [1.29, 1.82) is 0 Å². The van der Waals surface area contributed by atoms with E-state index in [9.17, 15) is 9.59 Å². The van der Waals surface area contributed by atoms with Crippen molar-refractivity contribution in [2.45, 2.75) is 12.8 Å². The number of carboxylic acids is 2. The largest absolute Gasteiger partial charge is 0.481 e. The molecule has 0 aromatic rings. The van der Waals surface area contributed by atoms with E-state index in [0.717, 1.165) is 36.1 Å². The molecule has 0 amide bonds. The van der Waals surface area contributed by atoms with Gasteiger partial charge in [0.05, 0.1) is 26.1 Å². The van der Waals surface area contributed by atoms with Crippen molar-refractivity contribution in [3.05, 3.63) is 0 Å². The normalized spacial score (nSPS) is 9.71. The Morgan fingerprint density at radius 3 is 1.11 bits per heavy atom. The molecule has 8 N–H and O–H groups in total. The summed E-state index contributed by atoms with van der Waals surface area (Å²) >= 11 is 0. The maximum Gasteiger partial charge on any atom is 0.304 e. The molecule has 0 bridgehead atoms. The second kappa shape index (κ2) is 32.5. The maximum absolute atomic E-state index is 10.0. The van der Waals surface area contributed by atoms with Gasteiger partial charge in [0.2, 0.25) is 0 Å². The molecule has 0 spiro atoms. The molecule has 0 rings (SSSR count). The van der Waals surface area contributed by atoms with Crippen LogP contribution in [0, 0.1) is 0 Å². The first-order valence-corrected chi connectivity index (χ1v) is 15.7. The van der Waals surface area contributed by atoms with Crippen molar-refractivity contribution in [3.8, 4) is 0 Å². The van der Waals surface area contributed by atoms with Crippen LogP contribution in [0.2, 0.25) is 0 Å². The summed E-state index contributed by atoms with van der Waals surface area (Å²) < 4.78 is 0. The monoisotopic (exact) mass is 516 g/mol. The van der Waals surface area contributed by atoms with E-state index in [1.807, 2.05) is 0 Å². The Bertz CT molecular complexity index is 293. The predicted molar refractivity (Wildman–Crippen MR) is 132 cm³/mol. The number of carbonyl (C=O) groups is 2. The Balaban J connectivity index is -0.000000347. The lowest BCUT2D eigenvalue weighted by Crippen LogP contribution is -2.02. The Morgan fingerprint density at radius 1 is 0.571 bits per heavy atom. The topological polar surface area (TPSA) is 167 Å². The molecule has 0 atom stereocenters. The molecule has 0 aliphatic carbocycles. The minimum Gasteiger partial charge on any atom is -0.481 e. The molecule has 14 heteroatoms. The van der Waals surface area contributed by atoms with Gasteiger partial charge in [-0.1, -0.05) is 64.8 Å². The first-order chi connectivity index (χ1) is 13.5. The van der Waals surface area contributed by atoms with Crippen LogP contribution in [0.25, 0.3) is 0 Å². The van der Waals surface area contributed by atoms with Gasteiger partial charge in [0.25, 0.3) is 0 Å². The summed E-state index contributed by atoms with van der Waals surface area (Å²) in [4.78, 5) is 20.0. The highest BCUT2D eigenvalue weighted by Crippen LogP contribution is 2.22. The lowest BCUT2D eigenvalue weighted by Gasteiger charge is -1.95. The maximum atomic E-state index is 10.0. The number of carboxylic acid groups (broad SMARTS) is 2. The Hall–Kier alpha value is 0.880. The molecule has 0 unspecified atom stereocenters. The van der Waals surface area contributed by atoms with E-state index in [-0.39, 0.29) is 26.1 Å². The van der Waals surface area contributed by atoms with Crippen molar-refractivity contribution in [1.82, 2.24) is 0 Å². The number of rotatable bonds is 17. The van der Waals surface area contributed by atoms with Crippen LogP contribution in [-0.2, 0) is 9.59 Å². The number of aliphatic hydroxyl groups excluding tert-OH is 2. The van der Waals surface area contributed by atoms with Crippen LogP contribution >= 0.6 is 64.8 Å². The predicted octanol–water partition coefficient (Wildman–Crippen LogP) is 1.95. The molecule has 0 saturated heterocycles. The molecule has 0 radical (unpaired) electrons. The average molecular weight is 517 g/mol. The van der Waals surface area contributed by atoms with E-state index in [1.165, 1.54) is 21.6 Å². The van der Waals surface area contributed by atoms with Crippen LogP contribution in [0.3, 0.4) is 0 Å². The van der Waals surface area contributed by atoms with Crippen LogP contribution in [0.1, 0.15) is 12.8 Å². The summed E-state index contributed by atoms with van der Waals surface area (Å²) in [6.45, 7) is 1.98. The standard InChI is InChI=1S/C6H10O4S2.C4H12N2S2.C4H10O2S2/c7-5(8)1-3-11-12-4-2-6(9)10;2*5-1-3-7-8-4-2-6/h1-4H2,(H,7,8)(H,9,10);1-6H2;5-6H,1-4H2. The van der Waals surface area contributed by atoms with Crippen LogP contribution in [0.4, 0.5) is 0 Å². The van der Waals surface area contributed by atoms with E-state index in [2.05, 4.69) is 0 Å². The second-order valence-corrected chi connectivity index (χ2v) is 12.4. The lowest BCUT2D eigenvalue weighted by atomic mass is 10.5.